The number of ketones is 1. The van der Waals surface area contributed by atoms with Crippen LogP contribution in [0.1, 0.15) is 24.1 Å². The Balaban J connectivity index is 1.37. The molecule has 3 aromatic heterocycles. The van der Waals surface area contributed by atoms with Gasteiger partial charge in [-0.2, -0.15) is 4.31 Å². The van der Waals surface area contributed by atoms with Crippen molar-refractivity contribution < 1.29 is 13.2 Å². The van der Waals surface area contributed by atoms with Crippen molar-refractivity contribution >= 4 is 32.5 Å². The third kappa shape index (κ3) is 5.90. The minimum Gasteiger partial charge on any atom is -0.364 e. The summed E-state index contributed by atoms with van der Waals surface area (Å²) in [4.78, 5) is 31.8. The Morgan fingerprint density at radius 2 is 1.81 bits per heavy atom. The smallest absolute Gasteiger partial charge is 0.211 e. The van der Waals surface area contributed by atoms with Crippen LogP contribution in [0.4, 0.5) is 5.82 Å². The second-order valence-electron chi connectivity index (χ2n) is 10.4. The quantitative estimate of drug-likeness (QED) is 0.262. The molecule has 0 aliphatic carbocycles. The number of anilines is 1. The number of fused-ring (bicyclic) bond motifs is 1. The summed E-state index contributed by atoms with van der Waals surface area (Å²) in [5, 5.41) is 4.37. The number of nitrogens with one attached hydrogen (secondary N) is 1. The topological polar surface area (TPSA) is 118 Å². The third-order valence-electron chi connectivity index (χ3n) is 7.40. The molecule has 0 bridgehead atoms. The number of aromatic nitrogens is 4. The van der Waals surface area contributed by atoms with Crippen LogP contribution in [0.3, 0.4) is 0 Å². The molecule has 1 fully saturated rings. The van der Waals surface area contributed by atoms with E-state index in [1.165, 1.54) is 4.31 Å². The predicted octanol–water partition coefficient (Wildman–Crippen LogP) is 4.90. The van der Waals surface area contributed by atoms with E-state index in [4.69, 9.17) is 9.97 Å². The van der Waals surface area contributed by atoms with Crippen LogP contribution in [0.25, 0.3) is 33.4 Å². The van der Waals surface area contributed by atoms with Crippen molar-refractivity contribution in [3.8, 4) is 22.5 Å². The van der Waals surface area contributed by atoms with Gasteiger partial charge >= 0.3 is 0 Å². The van der Waals surface area contributed by atoms with E-state index in [-0.39, 0.29) is 12.2 Å². The number of benzene rings is 2. The summed E-state index contributed by atoms with van der Waals surface area (Å²) in [5.74, 6) is 0.995. The van der Waals surface area contributed by atoms with Gasteiger partial charge in [0.25, 0.3) is 0 Å². The van der Waals surface area contributed by atoms with Crippen LogP contribution in [0.5, 0.6) is 0 Å². The fourth-order valence-corrected chi connectivity index (χ4v) is 6.61. The summed E-state index contributed by atoms with van der Waals surface area (Å²) in [5.41, 5.74) is 5.05. The lowest BCUT2D eigenvalue weighted by Crippen LogP contribution is -2.40. The first-order valence-electron chi connectivity index (χ1n) is 13.8. The zero-order valence-electron chi connectivity index (χ0n) is 23.1. The SMILES string of the molecule is CS(=O)(=O)N1CCCC1C(=O)Cc1cncc(-c2nc(NCc3ccccn3)c3c(-c4ccccc4)cccc3n2)c1. The van der Waals surface area contributed by atoms with Crippen molar-refractivity contribution in [1.82, 2.24) is 24.2 Å². The van der Waals surface area contributed by atoms with E-state index in [0.717, 1.165) is 34.0 Å². The van der Waals surface area contributed by atoms with E-state index in [0.29, 0.717) is 48.7 Å². The molecule has 5 aromatic rings. The standard InChI is InChI=1S/C32H30N6O3S/c1-42(40,41)38-16-8-14-28(38)29(39)18-22-17-24(20-33-19-22)31-36-27-13-7-12-26(23-9-3-2-4-10-23)30(27)32(37-31)35-21-25-11-5-6-15-34-25/h2-7,9-13,15,17,19-20,28H,8,14,16,18,21H2,1H3,(H,35,36,37). The summed E-state index contributed by atoms with van der Waals surface area (Å²) in [6, 6.07) is 23.1. The maximum Gasteiger partial charge on any atom is 0.211 e. The summed E-state index contributed by atoms with van der Waals surface area (Å²) < 4.78 is 25.7. The zero-order valence-corrected chi connectivity index (χ0v) is 24.0. The summed E-state index contributed by atoms with van der Waals surface area (Å²) in [7, 11) is -3.45. The molecule has 0 spiro atoms. The van der Waals surface area contributed by atoms with Crippen molar-refractivity contribution in [1.29, 1.82) is 0 Å². The van der Waals surface area contributed by atoms with Gasteiger partial charge in [-0.1, -0.05) is 48.5 Å². The number of nitrogens with zero attached hydrogens (tertiary/aromatic N) is 5. The first kappa shape index (κ1) is 27.6. The van der Waals surface area contributed by atoms with Crippen LogP contribution in [0.15, 0.2) is 91.4 Å². The summed E-state index contributed by atoms with van der Waals surface area (Å²) >= 11 is 0. The van der Waals surface area contributed by atoms with E-state index in [1.54, 1.807) is 18.6 Å². The molecule has 1 N–H and O–H groups in total. The molecule has 0 radical (unpaired) electrons. The van der Waals surface area contributed by atoms with Gasteiger partial charge in [-0.15, -0.1) is 0 Å². The molecule has 1 aliphatic rings. The monoisotopic (exact) mass is 578 g/mol. The number of sulfonamides is 1. The Labute approximate surface area is 244 Å². The van der Waals surface area contributed by atoms with E-state index in [9.17, 15) is 13.2 Å². The number of hydrogen-bond donors (Lipinski definition) is 1. The molecule has 1 saturated heterocycles. The highest BCUT2D eigenvalue weighted by atomic mass is 32.2. The highest BCUT2D eigenvalue weighted by Crippen LogP contribution is 2.34. The number of hydrogen-bond acceptors (Lipinski definition) is 8. The maximum absolute atomic E-state index is 13.2. The van der Waals surface area contributed by atoms with E-state index in [2.05, 4.69) is 33.5 Å². The van der Waals surface area contributed by atoms with Crippen LogP contribution in [-0.2, 0) is 27.8 Å². The predicted molar refractivity (Wildman–Crippen MR) is 163 cm³/mol. The molecule has 1 unspecified atom stereocenters. The van der Waals surface area contributed by atoms with Gasteiger partial charge in [0.05, 0.1) is 35.4 Å². The average molecular weight is 579 g/mol. The molecule has 6 rings (SSSR count). The lowest BCUT2D eigenvalue weighted by atomic mass is 10.0. The molecule has 10 heteroatoms. The first-order chi connectivity index (χ1) is 20.4. The van der Waals surface area contributed by atoms with E-state index in [1.807, 2.05) is 54.6 Å². The van der Waals surface area contributed by atoms with E-state index >= 15 is 0 Å². The molecule has 2 aromatic carbocycles. The second kappa shape index (κ2) is 11.8. The normalized spacial score (nSPS) is 15.6. The van der Waals surface area contributed by atoms with Crippen LogP contribution in [0, 0.1) is 0 Å². The molecule has 1 atom stereocenters. The zero-order chi connectivity index (χ0) is 29.1. The molecule has 0 amide bonds. The Hall–Kier alpha value is -4.54. The van der Waals surface area contributed by atoms with Gasteiger partial charge in [-0.3, -0.25) is 14.8 Å². The van der Waals surface area contributed by atoms with Gasteiger partial charge in [-0.25, -0.2) is 18.4 Å². The number of pyridine rings is 2. The molecule has 4 heterocycles. The van der Waals surface area contributed by atoms with Gasteiger partial charge in [0.2, 0.25) is 10.0 Å². The fourth-order valence-electron chi connectivity index (χ4n) is 5.46. The number of Topliss-reactive ketones (excluding diaryl/α,β-unsaturated/α-hetero) is 1. The Morgan fingerprint density at radius 3 is 2.60 bits per heavy atom. The highest BCUT2D eigenvalue weighted by Gasteiger charge is 2.36. The van der Waals surface area contributed by atoms with Crippen LogP contribution in [-0.4, -0.2) is 57.3 Å². The minimum atomic E-state index is -3.45. The van der Waals surface area contributed by atoms with Crippen molar-refractivity contribution in [3.05, 3.63) is 103 Å². The molecule has 0 saturated carbocycles. The van der Waals surface area contributed by atoms with Crippen LogP contribution in [0.2, 0.25) is 0 Å². The Morgan fingerprint density at radius 1 is 0.976 bits per heavy atom. The maximum atomic E-state index is 13.2. The van der Waals surface area contributed by atoms with Crippen molar-refractivity contribution in [2.45, 2.75) is 31.8 Å². The van der Waals surface area contributed by atoms with Crippen molar-refractivity contribution in [2.24, 2.45) is 0 Å². The lowest BCUT2D eigenvalue weighted by molar-refractivity contribution is -0.121. The number of carbonyl (C=O) groups excluding carboxylic acids is 1. The fraction of sp³-hybridized carbons (Fsp3) is 0.219. The van der Waals surface area contributed by atoms with Gasteiger partial charge < -0.3 is 5.32 Å². The van der Waals surface area contributed by atoms with Crippen LogP contribution < -0.4 is 5.32 Å². The third-order valence-corrected chi connectivity index (χ3v) is 8.69. The average Bonchev–Trinajstić information content (AvgIpc) is 3.52. The second-order valence-corrected chi connectivity index (χ2v) is 12.3. The Bertz CT molecular complexity index is 1850. The largest absolute Gasteiger partial charge is 0.364 e. The number of carbonyl (C=O) groups is 1. The molecular weight excluding hydrogens is 548 g/mol. The molecule has 9 nitrogen and oxygen atoms in total. The molecule has 42 heavy (non-hydrogen) atoms. The van der Waals surface area contributed by atoms with E-state index < -0.39 is 16.1 Å². The number of rotatable bonds is 9. The van der Waals surface area contributed by atoms with Gasteiger partial charge in [0.1, 0.15) is 5.82 Å². The molecular formula is C32H30N6O3S. The Kier molecular flexibility index (Phi) is 7.73. The summed E-state index contributed by atoms with van der Waals surface area (Å²) in [6.07, 6.45) is 7.50. The first-order valence-corrected chi connectivity index (χ1v) is 15.7. The van der Waals surface area contributed by atoms with Gasteiger partial charge in [0, 0.05) is 37.1 Å². The van der Waals surface area contributed by atoms with Crippen molar-refractivity contribution in [2.75, 3.05) is 18.1 Å². The minimum absolute atomic E-state index is 0.0774. The molecule has 1 aliphatic heterocycles. The van der Waals surface area contributed by atoms with Crippen molar-refractivity contribution in [3.63, 3.8) is 0 Å². The van der Waals surface area contributed by atoms with Gasteiger partial charge in [-0.05, 0) is 53.8 Å². The highest BCUT2D eigenvalue weighted by molar-refractivity contribution is 7.88. The van der Waals surface area contributed by atoms with Crippen LogP contribution >= 0.6 is 0 Å². The van der Waals surface area contributed by atoms with Gasteiger partial charge in [0.15, 0.2) is 11.6 Å². The lowest BCUT2D eigenvalue weighted by Gasteiger charge is -2.21. The summed E-state index contributed by atoms with van der Waals surface area (Å²) in [6.45, 7) is 0.845. The molecule has 212 valence electrons.